The van der Waals surface area contributed by atoms with Crippen LogP contribution >= 0.6 is 0 Å². The number of nitrogens with zero attached hydrogens (tertiary/aromatic N) is 1. The fourth-order valence-corrected chi connectivity index (χ4v) is 2.53. The molecule has 25 heavy (non-hydrogen) atoms. The molecule has 8 heteroatoms. The highest BCUT2D eigenvalue weighted by Gasteiger charge is 2.40. The fraction of sp³-hybridized carbons (Fsp3) is 0.235. The van der Waals surface area contributed by atoms with Crippen molar-refractivity contribution < 1.29 is 22.3 Å². The lowest BCUT2D eigenvalue weighted by atomic mass is 10.1. The fourth-order valence-electron chi connectivity index (χ4n) is 2.53. The Labute approximate surface area is 141 Å². The molecule has 0 bridgehead atoms. The van der Waals surface area contributed by atoms with Crippen molar-refractivity contribution in [3.8, 4) is 5.75 Å². The summed E-state index contributed by atoms with van der Waals surface area (Å²) in [7, 11) is 0. The molecule has 1 saturated carbocycles. The molecule has 3 N–H and O–H groups in total. The molecule has 0 aromatic heterocycles. The highest BCUT2D eigenvalue weighted by Crippen LogP contribution is 2.44. The first-order chi connectivity index (χ1) is 11.8. The second-order valence-electron chi connectivity index (χ2n) is 5.64. The number of hydrogen-bond acceptors (Lipinski definition) is 2. The third kappa shape index (κ3) is 4.62. The van der Waals surface area contributed by atoms with E-state index in [9.17, 15) is 17.6 Å². The van der Waals surface area contributed by atoms with E-state index >= 15 is 0 Å². The topological polar surface area (TPSA) is 59.6 Å². The van der Waals surface area contributed by atoms with Crippen molar-refractivity contribution in [2.45, 2.75) is 24.7 Å². The summed E-state index contributed by atoms with van der Waals surface area (Å²) >= 11 is 0. The number of ether oxygens (including phenoxy) is 1. The molecule has 4 nitrogen and oxygen atoms in total. The predicted octanol–water partition coefficient (Wildman–Crippen LogP) is 4.01. The molecule has 1 aliphatic carbocycles. The van der Waals surface area contributed by atoms with Gasteiger partial charge in [-0.05, 0) is 42.3 Å². The van der Waals surface area contributed by atoms with Crippen LogP contribution in [0.15, 0.2) is 53.5 Å². The van der Waals surface area contributed by atoms with Crippen LogP contribution in [0.3, 0.4) is 0 Å². The van der Waals surface area contributed by atoms with Gasteiger partial charge in [0.1, 0.15) is 11.6 Å². The Hall–Kier alpha value is -2.77. The van der Waals surface area contributed by atoms with Crippen LogP contribution in [0, 0.1) is 5.82 Å². The van der Waals surface area contributed by atoms with Crippen LogP contribution in [0.5, 0.6) is 5.75 Å². The van der Waals surface area contributed by atoms with E-state index in [-0.39, 0.29) is 29.5 Å². The number of hydrogen-bond donors (Lipinski definition) is 2. The molecule has 0 heterocycles. The molecule has 1 aliphatic rings. The number of benzene rings is 2. The van der Waals surface area contributed by atoms with Gasteiger partial charge in [-0.25, -0.2) is 9.38 Å². The van der Waals surface area contributed by atoms with Crippen LogP contribution in [0.4, 0.5) is 23.2 Å². The van der Waals surface area contributed by atoms with Crippen molar-refractivity contribution in [3.05, 3.63) is 59.9 Å². The molecule has 0 aliphatic heterocycles. The number of guanidine groups is 1. The van der Waals surface area contributed by atoms with Gasteiger partial charge in [-0.15, -0.1) is 13.2 Å². The minimum absolute atomic E-state index is 0.0101. The third-order valence-corrected chi connectivity index (χ3v) is 3.73. The second kappa shape index (κ2) is 6.62. The first-order valence-electron chi connectivity index (χ1n) is 7.52. The number of rotatable bonds is 4. The van der Waals surface area contributed by atoms with Gasteiger partial charge in [-0.1, -0.05) is 18.2 Å². The van der Waals surface area contributed by atoms with E-state index in [4.69, 9.17) is 5.73 Å². The Balaban J connectivity index is 1.59. The third-order valence-electron chi connectivity index (χ3n) is 3.73. The van der Waals surface area contributed by atoms with E-state index < -0.39 is 6.36 Å². The zero-order valence-corrected chi connectivity index (χ0v) is 12.9. The van der Waals surface area contributed by atoms with Crippen molar-refractivity contribution in [2.24, 2.45) is 10.7 Å². The second-order valence-corrected chi connectivity index (χ2v) is 5.64. The average molecular weight is 353 g/mol. The Morgan fingerprint density at radius 1 is 1.12 bits per heavy atom. The number of nitrogens with one attached hydrogen (secondary N) is 1. The Kier molecular flexibility index (Phi) is 4.52. The quantitative estimate of drug-likeness (QED) is 0.496. The Morgan fingerprint density at radius 3 is 2.44 bits per heavy atom. The largest absolute Gasteiger partial charge is 0.573 e. The van der Waals surface area contributed by atoms with Crippen molar-refractivity contribution in [1.29, 1.82) is 0 Å². The predicted molar refractivity (Wildman–Crippen MR) is 85.9 cm³/mol. The SMILES string of the molecule is NC(=NC1CC1c1ccccc1F)Nc1ccc(OC(F)(F)F)cc1. The first kappa shape index (κ1) is 17.1. The van der Waals surface area contributed by atoms with Crippen LogP contribution in [0.1, 0.15) is 17.9 Å². The van der Waals surface area contributed by atoms with Crippen molar-refractivity contribution in [2.75, 3.05) is 5.32 Å². The summed E-state index contributed by atoms with van der Waals surface area (Å²) in [5, 5.41) is 2.79. The molecular formula is C17H15F4N3O. The summed E-state index contributed by atoms with van der Waals surface area (Å²) in [5.41, 5.74) is 6.88. The van der Waals surface area contributed by atoms with Gasteiger partial charge in [0.25, 0.3) is 0 Å². The van der Waals surface area contributed by atoms with Crippen LogP contribution in [-0.2, 0) is 0 Å². The number of nitrogens with two attached hydrogens (primary N) is 1. The van der Waals surface area contributed by atoms with Crippen LogP contribution < -0.4 is 15.8 Å². The minimum atomic E-state index is -4.73. The molecule has 2 aromatic carbocycles. The van der Waals surface area contributed by atoms with E-state index in [1.807, 2.05) is 0 Å². The van der Waals surface area contributed by atoms with Crippen molar-refractivity contribution in [1.82, 2.24) is 0 Å². The zero-order chi connectivity index (χ0) is 18.0. The van der Waals surface area contributed by atoms with Gasteiger partial charge in [0, 0.05) is 11.6 Å². The number of anilines is 1. The summed E-state index contributed by atoms with van der Waals surface area (Å²) in [6.07, 6.45) is -4.04. The zero-order valence-electron chi connectivity index (χ0n) is 12.9. The van der Waals surface area contributed by atoms with E-state index in [0.717, 1.165) is 0 Å². The Morgan fingerprint density at radius 2 is 1.80 bits per heavy atom. The lowest BCUT2D eigenvalue weighted by Crippen LogP contribution is -2.23. The van der Waals surface area contributed by atoms with E-state index in [1.165, 1.54) is 30.3 Å². The molecule has 1 fully saturated rings. The highest BCUT2D eigenvalue weighted by atomic mass is 19.4. The molecule has 0 radical (unpaired) electrons. The summed E-state index contributed by atoms with van der Waals surface area (Å²) < 4.78 is 53.8. The molecule has 2 unspecified atom stereocenters. The molecular weight excluding hydrogens is 338 g/mol. The highest BCUT2D eigenvalue weighted by molar-refractivity contribution is 5.92. The Bertz CT molecular complexity index is 774. The molecule has 2 aromatic rings. The van der Waals surface area contributed by atoms with Gasteiger partial charge in [0.2, 0.25) is 0 Å². The van der Waals surface area contributed by atoms with Gasteiger partial charge in [0.15, 0.2) is 5.96 Å². The molecule has 2 atom stereocenters. The van der Waals surface area contributed by atoms with E-state index in [0.29, 0.717) is 17.7 Å². The smallest absolute Gasteiger partial charge is 0.406 e. The summed E-state index contributed by atoms with van der Waals surface area (Å²) in [5.74, 6) is -0.482. The van der Waals surface area contributed by atoms with Crippen LogP contribution in [0.2, 0.25) is 0 Å². The monoisotopic (exact) mass is 353 g/mol. The van der Waals surface area contributed by atoms with E-state index in [1.54, 1.807) is 18.2 Å². The number of aliphatic imine (C=N–C) groups is 1. The normalized spacial score (nSPS) is 20.2. The van der Waals surface area contributed by atoms with Gasteiger partial charge >= 0.3 is 6.36 Å². The molecule has 0 saturated heterocycles. The molecule has 0 amide bonds. The van der Waals surface area contributed by atoms with Crippen molar-refractivity contribution in [3.63, 3.8) is 0 Å². The number of halogens is 4. The average Bonchev–Trinajstić information content (AvgIpc) is 3.27. The van der Waals surface area contributed by atoms with Crippen LogP contribution in [-0.4, -0.2) is 18.4 Å². The summed E-state index contributed by atoms with van der Waals surface area (Å²) in [6.45, 7) is 0. The molecule has 0 spiro atoms. The summed E-state index contributed by atoms with van der Waals surface area (Å²) in [4.78, 5) is 4.27. The standard InChI is InChI=1S/C17H15F4N3O/c18-14-4-2-1-3-12(14)13-9-15(13)24-16(22)23-10-5-7-11(8-6-10)25-17(19,20)21/h1-8,13,15H,9H2,(H3,22,23,24). The van der Waals surface area contributed by atoms with Gasteiger partial charge < -0.3 is 15.8 Å². The molecule has 3 rings (SSSR count). The lowest BCUT2D eigenvalue weighted by molar-refractivity contribution is -0.274. The maximum Gasteiger partial charge on any atom is 0.573 e. The maximum absolute atomic E-state index is 13.7. The van der Waals surface area contributed by atoms with E-state index in [2.05, 4.69) is 15.0 Å². The van der Waals surface area contributed by atoms with Crippen LogP contribution in [0.25, 0.3) is 0 Å². The molecule has 132 valence electrons. The number of alkyl halides is 3. The summed E-state index contributed by atoms with van der Waals surface area (Å²) in [6, 6.07) is 11.5. The lowest BCUT2D eigenvalue weighted by Gasteiger charge is -2.10. The maximum atomic E-state index is 13.7. The minimum Gasteiger partial charge on any atom is -0.406 e. The van der Waals surface area contributed by atoms with Crippen molar-refractivity contribution >= 4 is 11.6 Å². The van der Waals surface area contributed by atoms with Gasteiger partial charge in [0.05, 0.1) is 6.04 Å². The van der Waals surface area contributed by atoms with Gasteiger partial charge in [-0.2, -0.15) is 0 Å². The van der Waals surface area contributed by atoms with Gasteiger partial charge in [-0.3, -0.25) is 0 Å². The first-order valence-corrected chi connectivity index (χ1v) is 7.52.